The van der Waals surface area contributed by atoms with Crippen LogP contribution in [0.4, 0.5) is 5.69 Å². The summed E-state index contributed by atoms with van der Waals surface area (Å²) in [5.74, 6) is 0. The summed E-state index contributed by atoms with van der Waals surface area (Å²) in [7, 11) is -3.34. The lowest BCUT2D eigenvalue weighted by Crippen LogP contribution is -2.18. The highest BCUT2D eigenvalue weighted by Crippen LogP contribution is 2.42. The first-order chi connectivity index (χ1) is 12.3. The number of rotatable bonds is 4. The number of para-hydroxylation sites is 1. The van der Waals surface area contributed by atoms with Gasteiger partial charge in [-0.3, -0.25) is 4.72 Å². The molecule has 0 amide bonds. The minimum absolute atomic E-state index is 0.221. The zero-order chi connectivity index (χ0) is 18.5. The second kappa shape index (κ2) is 5.86. The lowest BCUT2D eigenvalue weighted by atomic mass is 9.78. The maximum Gasteiger partial charge on any atom is 0.229 e. The molecule has 6 heteroatoms. The molecule has 4 aromatic rings. The van der Waals surface area contributed by atoms with Gasteiger partial charge in [-0.25, -0.2) is 8.42 Å². The smallest absolute Gasteiger partial charge is 0.229 e. The summed E-state index contributed by atoms with van der Waals surface area (Å²) in [6.45, 7) is 4.42. The molecule has 4 nitrogen and oxygen atoms in total. The molecule has 134 valence electrons. The number of benzene rings is 2. The number of aromatic amines is 1. The molecule has 0 saturated carbocycles. The first-order valence-electron chi connectivity index (χ1n) is 8.32. The van der Waals surface area contributed by atoms with E-state index < -0.39 is 10.0 Å². The lowest BCUT2D eigenvalue weighted by molar-refractivity contribution is 0.607. The third-order valence-corrected chi connectivity index (χ3v) is 6.39. The van der Waals surface area contributed by atoms with Gasteiger partial charge in [-0.15, -0.1) is 11.3 Å². The number of H-pyrrole nitrogens is 1. The molecule has 0 unspecified atom stereocenters. The van der Waals surface area contributed by atoms with Crippen LogP contribution in [0.2, 0.25) is 0 Å². The molecule has 0 aliphatic rings. The molecule has 2 aromatic heterocycles. The maximum absolute atomic E-state index is 11.7. The van der Waals surface area contributed by atoms with E-state index in [1.165, 1.54) is 15.6 Å². The average Bonchev–Trinajstić information content (AvgIpc) is 3.18. The quantitative estimate of drug-likeness (QED) is 0.515. The Hall–Kier alpha value is -2.31. The third-order valence-electron chi connectivity index (χ3n) is 4.84. The SMILES string of the molecule is CC(C)(c1csc2ccccc12)c1c[nH]c2c(NS(C)(=O)=O)cccc12. The van der Waals surface area contributed by atoms with Crippen LogP contribution >= 0.6 is 11.3 Å². The minimum atomic E-state index is -3.34. The summed E-state index contributed by atoms with van der Waals surface area (Å²) in [5.41, 5.74) is 3.58. The van der Waals surface area contributed by atoms with Gasteiger partial charge in [0.25, 0.3) is 0 Å². The van der Waals surface area contributed by atoms with Crippen molar-refractivity contribution in [3.8, 4) is 0 Å². The fourth-order valence-corrected chi connectivity index (χ4v) is 5.26. The molecule has 0 aliphatic carbocycles. The molecule has 0 spiro atoms. The van der Waals surface area contributed by atoms with Gasteiger partial charge in [-0.05, 0) is 34.0 Å². The largest absolute Gasteiger partial charge is 0.359 e. The molecule has 0 bridgehead atoms. The van der Waals surface area contributed by atoms with Crippen molar-refractivity contribution in [1.82, 2.24) is 4.98 Å². The normalized spacial score (nSPS) is 12.7. The summed E-state index contributed by atoms with van der Waals surface area (Å²) in [6, 6.07) is 14.1. The van der Waals surface area contributed by atoms with Crippen LogP contribution in [0.25, 0.3) is 21.0 Å². The summed E-state index contributed by atoms with van der Waals surface area (Å²) >= 11 is 1.75. The van der Waals surface area contributed by atoms with Gasteiger partial charge in [0.15, 0.2) is 0 Å². The van der Waals surface area contributed by atoms with Gasteiger partial charge in [-0.2, -0.15) is 0 Å². The highest BCUT2D eigenvalue weighted by Gasteiger charge is 2.29. The molecule has 2 heterocycles. The molecule has 0 saturated heterocycles. The Morgan fingerprint density at radius 3 is 2.50 bits per heavy atom. The first-order valence-corrected chi connectivity index (χ1v) is 11.1. The third kappa shape index (κ3) is 2.79. The van der Waals surface area contributed by atoms with Gasteiger partial charge in [0.2, 0.25) is 10.0 Å². The summed E-state index contributed by atoms with van der Waals surface area (Å²) in [5, 5.41) is 4.52. The van der Waals surface area contributed by atoms with Gasteiger partial charge in [-0.1, -0.05) is 44.2 Å². The predicted octanol–water partition coefficient (Wildman–Crippen LogP) is 5.08. The van der Waals surface area contributed by atoms with E-state index in [1.807, 2.05) is 18.3 Å². The fraction of sp³-hybridized carbons (Fsp3) is 0.200. The van der Waals surface area contributed by atoms with E-state index in [0.29, 0.717) is 5.69 Å². The lowest BCUT2D eigenvalue weighted by Gasteiger charge is -2.24. The highest BCUT2D eigenvalue weighted by molar-refractivity contribution is 7.92. The predicted molar refractivity (Wildman–Crippen MR) is 111 cm³/mol. The zero-order valence-electron chi connectivity index (χ0n) is 14.8. The van der Waals surface area contributed by atoms with Gasteiger partial charge in [0, 0.05) is 21.7 Å². The number of sulfonamides is 1. The van der Waals surface area contributed by atoms with Crippen molar-refractivity contribution < 1.29 is 8.42 Å². The van der Waals surface area contributed by atoms with Crippen molar-refractivity contribution >= 4 is 48.0 Å². The van der Waals surface area contributed by atoms with Crippen molar-refractivity contribution in [1.29, 1.82) is 0 Å². The molecule has 0 radical (unpaired) electrons. The van der Waals surface area contributed by atoms with E-state index in [2.05, 4.69) is 53.2 Å². The number of anilines is 1. The van der Waals surface area contributed by atoms with Crippen molar-refractivity contribution in [2.75, 3.05) is 11.0 Å². The molecule has 2 N–H and O–H groups in total. The second-order valence-corrected chi connectivity index (χ2v) is 9.73. The summed E-state index contributed by atoms with van der Waals surface area (Å²) < 4.78 is 27.2. The Balaban J connectivity index is 1.90. The van der Waals surface area contributed by atoms with Gasteiger partial charge >= 0.3 is 0 Å². The Labute approximate surface area is 156 Å². The Morgan fingerprint density at radius 1 is 1.00 bits per heavy atom. The molecule has 26 heavy (non-hydrogen) atoms. The molecule has 0 fully saturated rings. The number of hydrogen-bond acceptors (Lipinski definition) is 3. The van der Waals surface area contributed by atoms with E-state index >= 15 is 0 Å². The standard InChI is InChI=1S/C20H20N2O2S2/c1-20(2,16-12-25-18-10-5-4-7-13(16)18)15-11-21-19-14(15)8-6-9-17(19)22-26(3,23)24/h4-12,21-22H,1-3H3. The van der Waals surface area contributed by atoms with E-state index in [1.54, 1.807) is 17.4 Å². The van der Waals surface area contributed by atoms with Crippen LogP contribution < -0.4 is 4.72 Å². The van der Waals surface area contributed by atoms with E-state index in [4.69, 9.17) is 0 Å². The maximum atomic E-state index is 11.7. The average molecular weight is 385 g/mol. The second-order valence-electron chi connectivity index (χ2n) is 7.08. The molecular weight excluding hydrogens is 364 g/mol. The number of hydrogen-bond donors (Lipinski definition) is 2. The molecule has 2 aromatic carbocycles. The van der Waals surface area contributed by atoms with Gasteiger partial charge in [0.1, 0.15) is 0 Å². The fourth-order valence-electron chi connectivity index (χ4n) is 3.56. The van der Waals surface area contributed by atoms with Crippen LogP contribution in [-0.4, -0.2) is 19.7 Å². The zero-order valence-corrected chi connectivity index (χ0v) is 16.5. The van der Waals surface area contributed by atoms with Crippen LogP contribution in [-0.2, 0) is 15.4 Å². The Kier molecular flexibility index (Phi) is 3.86. The number of thiophene rings is 1. The van der Waals surface area contributed by atoms with E-state index in [9.17, 15) is 8.42 Å². The van der Waals surface area contributed by atoms with Crippen molar-refractivity contribution in [2.24, 2.45) is 0 Å². The number of fused-ring (bicyclic) bond motifs is 2. The Morgan fingerprint density at radius 2 is 1.73 bits per heavy atom. The van der Waals surface area contributed by atoms with E-state index in [0.717, 1.165) is 22.7 Å². The summed E-state index contributed by atoms with van der Waals surface area (Å²) in [6.07, 6.45) is 3.15. The molecular formula is C20H20N2O2S2. The van der Waals surface area contributed by atoms with Crippen LogP contribution in [0.15, 0.2) is 54.0 Å². The number of aromatic nitrogens is 1. The highest BCUT2D eigenvalue weighted by atomic mass is 32.2. The van der Waals surface area contributed by atoms with E-state index in [-0.39, 0.29) is 5.41 Å². The topological polar surface area (TPSA) is 62.0 Å². The molecule has 0 atom stereocenters. The number of nitrogens with one attached hydrogen (secondary N) is 2. The van der Waals surface area contributed by atoms with Crippen LogP contribution in [0.1, 0.15) is 25.0 Å². The van der Waals surface area contributed by atoms with Crippen LogP contribution in [0.5, 0.6) is 0 Å². The molecule has 0 aliphatic heterocycles. The van der Waals surface area contributed by atoms with Gasteiger partial charge < -0.3 is 4.98 Å². The Bertz CT molecular complexity index is 1220. The van der Waals surface area contributed by atoms with Gasteiger partial charge in [0.05, 0.1) is 17.5 Å². The van der Waals surface area contributed by atoms with Crippen molar-refractivity contribution in [3.63, 3.8) is 0 Å². The minimum Gasteiger partial charge on any atom is -0.359 e. The van der Waals surface area contributed by atoms with Crippen LogP contribution in [0.3, 0.4) is 0 Å². The van der Waals surface area contributed by atoms with Crippen molar-refractivity contribution in [2.45, 2.75) is 19.3 Å². The monoisotopic (exact) mass is 384 g/mol. The summed E-state index contributed by atoms with van der Waals surface area (Å²) in [4.78, 5) is 3.27. The first kappa shape index (κ1) is 17.1. The van der Waals surface area contributed by atoms with Crippen molar-refractivity contribution in [3.05, 3.63) is 65.2 Å². The van der Waals surface area contributed by atoms with Crippen LogP contribution in [0, 0.1) is 0 Å². The molecule has 4 rings (SSSR count).